The molecule has 0 amide bonds. The molecule has 4 nitrogen and oxygen atoms in total. The molecule has 86 valence electrons. The monoisotopic (exact) mass is 229 g/mol. The highest BCUT2D eigenvalue weighted by atomic mass is 16.7. The molecule has 1 unspecified atom stereocenters. The van der Waals surface area contributed by atoms with Gasteiger partial charge in [-0.1, -0.05) is 30.3 Å². The molecule has 0 saturated carbocycles. The highest BCUT2D eigenvalue weighted by Gasteiger charge is 2.24. The van der Waals surface area contributed by atoms with Crippen LogP contribution in [0.25, 0.3) is 0 Å². The maximum Gasteiger partial charge on any atom is 0.231 e. The van der Waals surface area contributed by atoms with Gasteiger partial charge in [0.2, 0.25) is 6.79 Å². The van der Waals surface area contributed by atoms with Gasteiger partial charge in [0.05, 0.1) is 0 Å². The third kappa shape index (κ3) is 1.72. The average Bonchev–Trinajstić information content (AvgIpc) is 2.87. The van der Waals surface area contributed by atoms with E-state index in [0.29, 0.717) is 17.2 Å². The molecule has 4 heteroatoms. The van der Waals surface area contributed by atoms with E-state index >= 15 is 0 Å². The normalized spacial score (nSPS) is 14.6. The van der Waals surface area contributed by atoms with E-state index in [4.69, 9.17) is 9.47 Å². The Labute approximate surface area is 98.5 Å². The number of hydrogen-bond acceptors (Lipinski definition) is 4. The molecule has 17 heavy (non-hydrogen) atoms. The molecule has 1 aromatic heterocycles. The first-order valence-electron chi connectivity index (χ1n) is 5.34. The zero-order chi connectivity index (χ0) is 11.7. The van der Waals surface area contributed by atoms with E-state index in [9.17, 15) is 5.11 Å². The van der Waals surface area contributed by atoms with E-state index in [1.54, 1.807) is 12.3 Å². The lowest BCUT2D eigenvalue weighted by atomic mass is 10.1. The summed E-state index contributed by atoms with van der Waals surface area (Å²) in [4.78, 5) is 4.17. The van der Waals surface area contributed by atoms with E-state index in [2.05, 4.69) is 4.98 Å². The lowest BCUT2D eigenvalue weighted by Crippen LogP contribution is -2.03. The van der Waals surface area contributed by atoms with Gasteiger partial charge in [-0.2, -0.15) is 0 Å². The van der Waals surface area contributed by atoms with Crippen LogP contribution in [0.1, 0.15) is 17.4 Å². The summed E-state index contributed by atoms with van der Waals surface area (Å²) in [6.45, 7) is 0.176. The molecule has 0 aliphatic carbocycles. The predicted molar refractivity (Wildman–Crippen MR) is 60.9 cm³/mol. The molecule has 1 aromatic carbocycles. The zero-order valence-corrected chi connectivity index (χ0v) is 9.04. The van der Waals surface area contributed by atoms with Gasteiger partial charge < -0.3 is 14.6 Å². The van der Waals surface area contributed by atoms with Gasteiger partial charge in [0.15, 0.2) is 11.5 Å². The quantitative estimate of drug-likeness (QED) is 0.854. The van der Waals surface area contributed by atoms with Crippen molar-refractivity contribution in [1.82, 2.24) is 4.98 Å². The highest BCUT2D eigenvalue weighted by molar-refractivity contribution is 5.47. The number of pyridine rings is 1. The molecule has 1 aliphatic heterocycles. The molecule has 0 fully saturated rings. The number of aliphatic hydroxyl groups excluding tert-OH is 1. The average molecular weight is 229 g/mol. The van der Waals surface area contributed by atoms with Crippen molar-refractivity contribution in [3.05, 3.63) is 53.9 Å². The van der Waals surface area contributed by atoms with Crippen LogP contribution in [-0.4, -0.2) is 16.9 Å². The number of benzene rings is 1. The Morgan fingerprint density at radius 1 is 1.12 bits per heavy atom. The molecular weight excluding hydrogens is 218 g/mol. The van der Waals surface area contributed by atoms with Crippen LogP contribution in [0, 0.1) is 0 Å². The minimum absolute atomic E-state index is 0.176. The van der Waals surface area contributed by atoms with Crippen LogP contribution in [-0.2, 0) is 0 Å². The van der Waals surface area contributed by atoms with Crippen molar-refractivity contribution < 1.29 is 14.6 Å². The first-order chi connectivity index (χ1) is 8.36. The Bertz CT molecular complexity index is 527. The molecule has 0 saturated heterocycles. The Balaban J connectivity index is 2.03. The van der Waals surface area contributed by atoms with E-state index < -0.39 is 6.10 Å². The highest BCUT2D eigenvalue weighted by Crippen LogP contribution is 2.38. The lowest BCUT2D eigenvalue weighted by Gasteiger charge is -2.12. The molecule has 0 bridgehead atoms. The minimum atomic E-state index is -0.798. The first-order valence-corrected chi connectivity index (χ1v) is 5.34. The standard InChI is InChI=1S/C13H11NO3/c15-12(9-4-2-1-3-5-9)11-13-10(6-7-14-11)16-8-17-13/h1-7,12,15H,8H2. The smallest absolute Gasteiger partial charge is 0.231 e. The number of aromatic nitrogens is 1. The van der Waals surface area contributed by atoms with Gasteiger partial charge in [-0.25, -0.2) is 0 Å². The van der Waals surface area contributed by atoms with Gasteiger partial charge in [0.25, 0.3) is 0 Å². The van der Waals surface area contributed by atoms with Gasteiger partial charge in [-0.3, -0.25) is 4.98 Å². The van der Waals surface area contributed by atoms with Crippen molar-refractivity contribution in [1.29, 1.82) is 0 Å². The Morgan fingerprint density at radius 3 is 2.76 bits per heavy atom. The summed E-state index contributed by atoms with van der Waals surface area (Å²) in [5, 5.41) is 10.3. The molecule has 1 atom stereocenters. The molecule has 0 radical (unpaired) electrons. The van der Waals surface area contributed by atoms with E-state index in [0.717, 1.165) is 5.56 Å². The van der Waals surface area contributed by atoms with Crippen LogP contribution in [0.2, 0.25) is 0 Å². The SMILES string of the molecule is OC(c1ccccc1)c1nccc2c1OCO2. The largest absolute Gasteiger partial charge is 0.453 e. The van der Waals surface area contributed by atoms with Crippen molar-refractivity contribution >= 4 is 0 Å². The van der Waals surface area contributed by atoms with Crippen LogP contribution < -0.4 is 9.47 Å². The number of ether oxygens (including phenoxy) is 2. The van der Waals surface area contributed by atoms with Crippen LogP contribution in [0.3, 0.4) is 0 Å². The summed E-state index contributed by atoms with van der Waals surface area (Å²) in [5.41, 5.74) is 1.27. The molecule has 0 spiro atoms. The summed E-state index contributed by atoms with van der Waals surface area (Å²) in [5.74, 6) is 1.16. The van der Waals surface area contributed by atoms with Crippen molar-refractivity contribution in [3.63, 3.8) is 0 Å². The molecule has 1 aliphatic rings. The maximum absolute atomic E-state index is 10.3. The fourth-order valence-electron chi connectivity index (χ4n) is 1.84. The Hall–Kier alpha value is -2.07. The second kappa shape index (κ2) is 4.07. The van der Waals surface area contributed by atoms with Crippen molar-refractivity contribution in [2.24, 2.45) is 0 Å². The third-order valence-electron chi connectivity index (χ3n) is 2.69. The molecular formula is C13H11NO3. The van der Waals surface area contributed by atoms with Crippen molar-refractivity contribution in [2.45, 2.75) is 6.10 Å². The summed E-state index contributed by atoms with van der Waals surface area (Å²) < 4.78 is 10.6. The zero-order valence-electron chi connectivity index (χ0n) is 9.04. The van der Waals surface area contributed by atoms with Gasteiger partial charge in [-0.05, 0) is 5.56 Å². The summed E-state index contributed by atoms with van der Waals surface area (Å²) in [7, 11) is 0. The first kappa shape index (κ1) is 10.1. The minimum Gasteiger partial charge on any atom is -0.453 e. The summed E-state index contributed by atoms with van der Waals surface area (Å²) in [6.07, 6.45) is 0.808. The number of fused-ring (bicyclic) bond motifs is 1. The Morgan fingerprint density at radius 2 is 1.94 bits per heavy atom. The third-order valence-corrected chi connectivity index (χ3v) is 2.69. The molecule has 2 heterocycles. The Kier molecular flexibility index (Phi) is 2.42. The van der Waals surface area contributed by atoms with Gasteiger partial charge in [0.1, 0.15) is 11.8 Å². The summed E-state index contributed by atoms with van der Waals surface area (Å²) in [6, 6.07) is 11.1. The lowest BCUT2D eigenvalue weighted by molar-refractivity contribution is 0.166. The van der Waals surface area contributed by atoms with E-state index in [1.165, 1.54) is 0 Å². The van der Waals surface area contributed by atoms with Gasteiger partial charge >= 0.3 is 0 Å². The van der Waals surface area contributed by atoms with Crippen molar-refractivity contribution in [2.75, 3.05) is 6.79 Å². The van der Waals surface area contributed by atoms with E-state index in [-0.39, 0.29) is 6.79 Å². The van der Waals surface area contributed by atoms with E-state index in [1.807, 2.05) is 30.3 Å². The molecule has 2 aromatic rings. The number of nitrogens with zero attached hydrogens (tertiary/aromatic N) is 1. The molecule has 3 rings (SSSR count). The van der Waals surface area contributed by atoms with Crippen LogP contribution >= 0.6 is 0 Å². The second-order valence-electron chi connectivity index (χ2n) is 3.74. The second-order valence-corrected chi connectivity index (χ2v) is 3.74. The van der Waals surface area contributed by atoms with Crippen LogP contribution in [0.4, 0.5) is 0 Å². The fourth-order valence-corrected chi connectivity index (χ4v) is 1.84. The number of aliphatic hydroxyl groups is 1. The number of hydrogen-bond donors (Lipinski definition) is 1. The van der Waals surface area contributed by atoms with Gasteiger partial charge in [-0.15, -0.1) is 0 Å². The summed E-state index contributed by atoms with van der Waals surface area (Å²) >= 11 is 0. The van der Waals surface area contributed by atoms with Crippen LogP contribution in [0.5, 0.6) is 11.5 Å². The maximum atomic E-state index is 10.3. The fraction of sp³-hybridized carbons (Fsp3) is 0.154. The van der Waals surface area contributed by atoms with Crippen molar-refractivity contribution in [3.8, 4) is 11.5 Å². The number of rotatable bonds is 2. The molecule has 1 N–H and O–H groups in total. The topological polar surface area (TPSA) is 51.6 Å². The van der Waals surface area contributed by atoms with Gasteiger partial charge in [0, 0.05) is 12.3 Å². The predicted octanol–water partition coefficient (Wildman–Crippen LogP) is 1.89. The van der Waals surface area contributed by atoms with Crippen LogP contribution in [0.15, 0.2) is 42.6 Å².